The molecule has 2 unspecified atom stereocenters. The average molecular weight is 424 g/mol. The molecule has 0 fully saturated rings. The maximum Gasteiger partial charge on any atom is 0.226 e. The minimum atomic E-state index is 0.0963. The molecule has 0 aliphatic rings. The van der Waals surface area contributed by atoms with Crippen LogP contribution in [0.5, 0.6) is 5.75 Å². The van der Waals surface area contributed by atoms with E-state index in [9.17, 15) is 0 Å². The Morgan fingerprint density at radius 2 is 1.65 bits per heavy atom. The second-order valence-electron chi connectivity index (χ2n) is 7.51. The highest BCUT2D eigenvalue weighted by molar-refractivity contribution is 5.53. The van der Waals surface area contributed by atoms with Gasteiger partial charge in [0.05, 0.1) is 12.2 Å². The molecule has 0 radical (unpaired) electrons. The Labute approximate surface area is 185 Å². The second kappa shape index (κ2) is 11.7. The number of ether oxygens (including phenoxy) is 3. The summed E-state index contributed by atoms with van der Waals surface area (Å²) >= 11 is 0. The molecule has 2 aromatic carbocycles. The lowest BCUT2D eigenvalue weighted by Crippen LogP contribution is -2.29. The molecule has 5 heteroatoms. The quantitative estimate of drug-likeness (QED) is 0.358. The highest BCUT2D eigenvalue weighted by Gasteiger charge is 2.17. The van der Waals surface area contributed by atoms with Crippen LogP contribution in [0, 0.1) is 6.92 Å². The summed E-state index contributed by atoms with van der Waals surface area (Å²) < 4.78 is 23.3. The summed E-state index contributed by atoms with van der Waals surface area (Å²) in [5, 5.41) is 0. The topological polar surface area (TPSA) is 53.7 Å². The van der Waals surface area contributed by atoms with E-state index >= 15 is 0 Å². The van der Waals surface area contributed by atoms with Crippen LogP contribution in [0.2, 0.25) is 0 Å². The van der Waals surface area contributed by atoms with Crippen molar-refractivity contribution in [2.45, 2.75) is 59.4 Å². The fraction of sp³-hybridized carbons (Fsp3) is 0.423. The van der Waals surface area contributed by atoms with Gasteiger partial charge in [-0.3, -0.25) is 0 Å². The van der Waals surface area contributed by atoms with Crippen LogP contribution in [-0.2, 0) is 22.5 Å². The van der Waals surface area contributed by atoms with E-state index in [2.05, 4.69) is 24.0 Å². The van der Waals surface area contributed by atoms with Crippen molar-refractivity contribution in [3.05, 3.63) is 71.6 Å². The third-order valence-electron chi connectivity index (χ3n) is 5.26. The van der Waals surface area contributed by atoms with Gasteiger partial charge >= 0.3 is 0 Å². The van der Waals surface area contributed by atoms with E-state index in [1.54, 1.807) is 0 Å². The molecule has 0 aliphatic carbocycles. The monoisotopic (exact) mass is 423 g/mol. The lowest BCUT2D eigenvalue weighted by atomic mass is 10.0. The van der Waals surface area contributed by atoms with Crippen molar-refractivity contribution in [2.24, 2.45) is 0 Å². The first-order chi connectivity index (χ1) is 15.1. The number of hydrogen-bond acceptors (Lipinski definition) is 5. The van der Waals surface area contributed by atoms with Gasteiger partial charge in [0.15, 0.2) is 0 Å². The van der Waals surface area contributed by atoms with E-state index in [0.717, 1.165) is 35.6 Å². The first-order valence-corrected chi connectivity index (χ1v) is 11.1. The van der Waals surface area contributed by atoms with E-state index in [0.29, 0.717) is 25.7 Å². The van der Waals surface area contributed by atoms with Crippen LogP contribution in [0.3, 0.4) is 0 Å². The Morgan fingerprint density at radius 3 is 2.32 bits per heavy atom. The first-order valence-electron chi connectivity index (χ1n) is 11.1. The summed E-state index contributed by atoms with van der Waals surface area (Å²) in [6, 6.07) is 18.1. The number of nitrogens with zero attached hydrogens (tertiary/aromatic N) is 1. The number of oxazole rings is 1. The minimum absolute atomic E-state index is 0.0963. The highest BCUT2D eigenvalue weighted by Crippen LogP contribution is 2.23. The minimum Gasteiger partial charge on any atom is -0.487 e. The van der Waals surface area contributed by atoms with Gasteiger partial charge < -0.3 is 18.6 Å². The molecule has 3 rings (SSSR count). The molecule has 166 valence electrons. The van der Waals surface area contributed by atoms with E-state index < -0.39 is 0 Å². The molecule has 0 saturated heterocycles. The Morgan fingerprint density at radius 1 is 0.935 bits per heavy atom. The van der Waals surface area contributed by atoms with E-state index in [4.69, 9.17) is 18.6 Å². The average Bonchev–Trinajstić information content (AvgIpc) is 3.17. The summed E-state index contributed by atoms with van der Waals surface area (Å²) in [6.07, 6.45) is 2.06. The van der Waals surface area contributed by atoms with Crippen molar-refractivity contribution >= 4 is 0 Å². The Kier molecular flexibility index (Phi) is 8.68. The lowest BCUT2D eigenvalue weighted by molar-refractivity contribution is -0.0612. The Balaban J connectivity index is 1.53. The van der Waals surface area contributed by atoms with Gasteiger partial charge in [-0.1, -0.05) is 30.3 Å². The molecule has 31 heavy (non-hydrogen) atoms. The van der Waals surface area contributed by atoms with Gasteiger partial charge in [0.25, 0.3) is 0 Å². The van der Waals surface area contributed by atoms with Crippen LogP contribution in [0.15, 0.2) is 59.0 Å². The van der Waals surface area contributed by atoms with Gasteiger partial charge in [-0.15, -0.1) is 0 Å². The third kappa shape index (κ3) is 6.68. The third-order valence-corrected chi connectivity index (χ3v) is 5.26. The molecular formula is C26H33NO4. The molecule has 2 atom stereocenters. The van der Waals surface area contributed by atoms with Gasteiger partial charge in [0.1, 0.15) is 23.8 Å². The largest absolute Gasteiger partial charge is 0.487 e. The van der Waals surface area contributed by atoms with Crippen LogP contribution in [0.25, 0.3) is 11.5 Å². The summed E-state index contributed by atoms with van der Waals surface area (Å²) in [7, 11) is 0. The van der Waals surface area contributed by atoms with Gasteiger partial charge in [0, 0.05) is 18.8 Å². The normalized spacial score (nSPS) is 13.2. The van der Waals surface area contributed by atoms with Crippen molar-refractivity contribution in [2.75, 3.05) is 13.2 Å². The number of aryl methyl sites for hydroxylation is 2. The first kappa shape index (κ1) is 23.0. The molecule has 0 amide bonds. The number of benzene rings is 2. The van der Waals surface area contributed by atoms with E-state index in [-0.39, 0.29) is 12.2 Å². The van der Waals surface area contributed by atoms with Crippen LogP contribution >= 0.6 is 0 Å². The zero-order valence-corrected chi connectivity index (χ0v) is 19.0. The molecule has 0 saturated carbocycles. The smallest absolute Gasteiger partial charge is 0.226 e. The summed E-state index contributed by atoms with van der Waals surface area (Å²) in [4.78, 5) is 4.59. The standard InChI is InChI=1S/C26H33NO4/c1-5-28-20(4)25(29-6-2)17-14-21-12-15-23(16-13-21)30-18-24-19(3)31-26(27-24)22-10-8-7-9-11-22/h7-13,15-16,20,25H,5-6,14,17-18H2,1-4H3. The van der Waals surface area contributed by atoms with Crippen LogP contribution in [0.1, 0.15) is 44.2 Å². The van der Waals surface area contributed by atoms with Gasteiger partial charge in [-0.25, -0.2) is 4.98 Å². The van der Waals surface area contributed by atoms with Crippen molar-refractivity contribution in [1.82, 2.24) is 4.98 Å². The molecule has 5 nitrogen and oxygen atoms in total. The lowest BCUT2D eigenvalue weighted by Gasteiger charge is -2.23. The fourth-order valence-corrected chi connectivity index (χ4v) is 3.52. The molecule has 3 aromatic rings. The predicted octanol–water partition coefficient (Wildman–Crippen LogP) is 5.99. The SMILES string of the molecule is CCOC(C)C(CCc1ccc(OCc2nc(-c3ccccc3)oc2C)cc1)OCC. The number of rotatable bonds is 12. The molecule has 0 spiro atoms. The fourth-order valence-electron chi connectivity index (χ4n) is 3.52. The van der Waals surface area contributed by atoms with Crippen molar-refractivity contribution < 1.29 is 18.6 Å². The zero-order chi connectivity index (χ0) is 22.1. The molecule has 1 aromatic heterocycles. The van der Waals surface area contributed by atoms with Crippen molar-refractivity contribution in [3.8, 4) is 17.2 Å². The second-order valence-corrected chi connectivity index (χ2v) is 7.51. The molecular weight excluding hydrogens is 390 g/mol. The van der Waals surface area contributed by atoms with Crippen LogP contribution < -0.4 is 4.74 Å². The summed E-state index contributed by atoms with van der Waals surface area (Å²) in [5.74, 6) is 2.22. The molecule has 0 bridgehead atoms. The maximum absolute atomic E-state index is 5.94. The Bertz CT molecular complexity index is 905. The van der Waals surface area contributed by atoms with Gasteiger partial charge in [-0.05, 0) is 70.4 Å². The number of hydrogen-bond donors (Lipinski definition) is 0. The molecule has 0 N–H and O–H groups in total. The van der Waals surface area contributed by atoms with Crippen molar-refractivity contribution in [3.63, 3.8) is 0 Å². The predicted molar refractivity (Wildman–Crippen MR) is 122 cm³/mol. The highest BCUT2D eigenvalue weighted by atomic mass is 16.5. The van der Waals surface area contributed by atoms with Crippen LogP contribution in [-0.4, -0.2) is 30.4 Å². The van der Waals surface area contributed by atoms with Gasteiger partial charge in [-0.2, -0.15) is 0 Å². The number of aromatic nitrogens is 1. The zero-order valence-electron chi connectivity index (χ0n) is 19.0. The maximum atomic E-state index is 5.94. The Hall–Kier alpha value is -2.63. The van der Waals surface area contributed by atoms with E-state index in [1.807, 2.05) is 63.2 Å². The van der Waals surface area contributed by atoms with Crippen molar-refractivity contribution in [1.29, 1.82) is 0 Å². The molecule has 0 aliphatic heterocycles. The van der Waals surface area contributed by atoms with Crippen LogP contribution in [0.4, 0.5) is 0 Å². The molecule has 1 heterocycles. The van der Waals surface area contributed by atoms with E-state index in [1.165, 1.54) is 5.56 Å². The summed E-state index contributed by atoms with van der Waals surface area (Å²) in [6.45, 7) is 9.81. The van der Waals surface area contributed by atoms with Gasteiger partial charge in [0.2, 0.25) is 5.89 Å². The summed E-state index contributed by atoms with van der Waals surface area (Å²) in [5.41, 5.74) is 3.03.